The fourth-order valence-electron chi connectivity index (χ4n) is 3.24. The highest BCUT2D eigenvalue weighted by atomic mass is 35.5. The van der Waals surface area contributed by atoms with E-state index in [1.54, 1.807) is 48.5 Å². The summed E-state index contributed by atoms with van der Waals surface area (Å²) in [7, 11) is 0. The topological polar surface area (TPSA) is 97.4 Å². The fourth-order valence-corrected chi connectivity index (χ4v) is 3.74. The minimum absolute atomic E-state index is 0.0553. The van der Waals surface area contributed by atoms with Crippen LogP contribution in [0.1, 0.15) is 17.0 Å². The number of nitrogens with two attached hydrogens (primary N) is 1. The lowest BCUT2D eigenvalue weighted by Crippen LogP contribution is -2.35. The predicted octanol–water partition coefficient (Wildman–Crippen LogP) is 5.60. The summed E-state index contributed by atoms with van der Waals surface area (Å²) in [4.78, 5) is 0. The molecule has 0 spiro atoms. The van der Waals surface area contributed by atoms with Gasteiger partial charge in [0.15, 0.2) is 5.41 Å². The average Bonchev–Trinajstić information content (AvgIpc) is 2.69. The Bertz CT molecular complexity index is 1150. The number of allylic oxidation sites excluding steroid dienone is 4. The van der Waals surface area contributed by atoms with Crippen LogP contribution in [0.5, 0.6) is 0 Å². The molecule has 2 aromatic rings. The Balaban J connectivity index is 2.33. The molecule has 1 unspecified atom stereocenters. The zero-order valence-electron chi connectivity index (χ0n) is 14.2. The van der Waals surface area contributed by atoms with Crippen LogP contribution in [0, 0.1) is 39.4 Å². The maximum atomic E-state index is 9.87. The zero-order chi connectivity index (χ0) is 20.5. The van der Waals surface area contributed by atoms with Crippen molar-refractivity contribution in [2.24, 2.45) is 11.1 Å². The lowest BCUT2D eigenvalue weighted by atomic mass is 9.65. The minimum atomic E-state index is -1.74. The molecule has 0 aliphatic heterocycles. The molecule has 2 aromatic carbocycles. The van der Waals surface area contributed by atoms with Crippen LogP contribution >= 0.6 is 34.8 Å². The molecule has 1 atom stereocenters. The molecule has 1 aliphatic rings. The van der Waals surface area contributed by atoms with Gasteiger partial charge in [-0.25, -0.2) is 0 Å². The number of nitriles is 3. The summed E-state index contributed by atoms with van der Waals surface area (Å²) in [5.74, 6) is -0.734. The molecule has 0 heterocycles. The van der Waals surface area contributed by atoms with Gasteiger partial charge >= 0.3 is 0 Å². The summed E-state index contributed by atoms with van der Waals surface area (Å²) in [6, 6.07) is 17.8. The summed E-state index contributed by atoms with van der Waals surface area (Å²) < 4.78 is 0. The molecule has 0 aromatic heterocycles. The number of benzene rings is 2. The van der Waals surface area contributed by atoms with Gasteiger partial charge in [0.2, 0.25) is 0 Å². The van der Waals surface area contributed by atoms with Crippen LogP contribution in [0.25, 0.3) is 5.57 Å². The van der Waals surface area contributed by atoms with Gasteiger partial charge < -0.3 is 5.73 Å². The summed E-state index contributed by atoms with van der Waals surface area (Å²) in [6.07, 6.45) is 1.69. The number of halogens is 3. The second kappa shape index (κ2) is 7.59. The smallest absolute Gasteiger partial charge is 0.194 e. The highest BCUT2D eigenvalue weighted by molar-refractivity contribution is 6.42. The van der Waals surface area contributed by atoms with E-state index >= 15 is 0 Å². The molecule has 0 radical (unpaired) electrons. The van der Waals surface area contributed by atoms with Crippen LogP contribution in [-0.2, 0) is 0 Å². The first-order valence-corrected chi connectivity index (χ1v) is 9.17. The highest BCUT2D eigenvalue weighted by Crippen LogP contribution is 2.49. The molecule has 28 heavy (non-hydrogen) atoms. The second-order valence-electron chi connectivity index (χ2n) is 6.17. The standard InChI is InChI=1S/C21H11Cl3N4/c22-14-3-1-2-13(6-14)17-8-15(12-4-5-18(23)19(24)7-12)16(9-25)20(28)21(17,10-26)11-27/h1-8,17H,28H2. The first-order chi connectivity index (χ1) is 13.4. The Kier molecular flexibility index (Phi) is 5.37. The van der Waals surface area contributed by atoms with Crippen molar-refractivity contribution in [3.05, 3.63) is 86.0 Å². The van der Waals surface area contributed by atoms with Gasteiger partial charge in [0, 0.05) is 10.9 Å². The monoisotopic (exact) mass is 424 g/mol. The summed E-state index contributed by atoms with van der Waals surface area (Å²) in [5.41, 5.74) is 6.15. The number of hydrogen-bond donors (Lipinski definition) is 1. The Hall–Kier alpha value is -2.94. The largest absolute Gasteiger partial charge is 0.399 e. The third kappa shape index (κ3) is 3.11. The van der Waals surface area contributed by atoms with E-state index in [0.29, 0.717) is 31.8 Å². The summed E-state index contributed by atoms with van der Waals surface area (Å²) >= 11 is 18.2. The molecule has 136 valence electrons. The van der Waals surface area contributed by atoms with Crippen LogP contribution < -0.4 is 5.73 Å². The minimum Gasteiger partial charge on any atom is -0.399 e. The molecule has 0 saturated carbocycles. The fraction of sp³-hybridized carbons (Fsp3) is 0.0952. The van der Waals surface area contributed by atoms with Gasteiger partial charge in [-0.15, -0.1) is 0 Å². The molecule has 2 N–H and O–H groups in total. The molecular formula is C21H11Cl3N4. The normalized spacial score (nSPS) is 17.9. The average molecular weight is 426 g/mol. The first-order valence-electron chi connectivity index (χ1n) is 8.04. The predicted molar refractivity (Wildman–Crippen MR) is 109 cm³/mol. The molecule has 0 saturated heterocycles. The van der Waals surface area contributed by atoms with Crippen molar-refractivity contribution < 1.29 is 0 Å². The van der Waals surface area contributed by atoms with E-state index in [1.807, 2.05) is 18.2 Å². The molecule has 0 fully saturated rings. The maximum absolute atomic E-state index is 9.87. The Morgan fingerprint density at radius 3 is 2.21 bits per heavy atom. The number of rotatable bonds is 2. The summed E-state index contributed by atoms with van der Waals surface area (Å²) in [6.45, 7) is 0. The van der Waals surface area contributed by atoms with E-state index in [2.05, 4.69) is 0 Å². The van der Waals surface area contributed by atoms with E-state index in [-0.39, 0.29) is 11.3 Å². The molecule has 7 heteroatoms. The first kappa shape index (κ1) is 19.8. The van der Waals surface area contributed by atoms with Crippen molar-refractivity contribution >= 4 is 40.4 Å². The van der Waals surface area contributed by atoms with Gasteiger partial charge in [-0.2, -0.15) is 15.8 Å². The van der Waals surface area contributed by atoms with E-state index in [9.17, 15) is 15.8 Å². The third-order valence-electron chi connectivity index (χ3n) is 4.67. The van der Waals surface area contributed by atoms with Gasteiger partial charge in [-0.05, 0) is 41.0 Å². The van der Waals surface area contributed by atoms with Crippen molar-refractivity contribution in [1.29, 1.82) is 15.8 Å². The van der Waals surface area contributed by atoms with Crippen LogP contribution in [0.15, 0.2) is 59.8 Å². The van der Waals surface area contributed by atoms with Gasteiger partial charge in [-0.1, -0.05) is 59.1 Å². The quantitative estimate of drug-likeness (QED) is 0.677. The highest BCUT2D eigenvalue weighted by Gasteiger charge is 2.47. The van der Waals surface area contributed by atoms with Gasteiger partial charge in [0.1, 0.15) is 6.07 Å². The second-order valence-corrected chi connectivity index (χ2v) is 7.42. The van der Waals surface area contributed by atoms with E-state index in [0.717, 1.165) is 0 Å². The molecule has 0 bridgehead atoms. The van der Waals surface area contributed by atoms with Crippen molar-refractivity contribution in [2.45, 2.75) is 5.92 Å². The van der Waals surface area contributed by atoms with Crippen molar-refractivity contribution in [2.75, 3.05) is 0 Å². The van der Waals surface area contributed by atoms with E-state index in [4.69, 9.17) is 40.5 Å². The zero-order valence-corrected chi connectivity index (χ0v) is 16.5. The Morgan fingerprint density at radius 1 is 0.929 bits per heavy atom. The Morgan fingerprint density at radius 2 is 1.64 bits per heavy atom. The van der Waals surface area contributed by atoms with Crippen LogP contribution in [0.4, 0.5) is 0 Å². The van der Waals surface area contributed by atoms with E-state index in [1.165, 1.54) is 0 Å². The van der Waals surface area contributed by atoms with Crippen molar-refractivity contribution in [3.8, 4) is 18.2 Å². The number of hydrogen-bond acceptors (Lipinski definition) is 4. The Labute approximate surface area is 177 Å². The molecule has 1 aliphatic carbocycles. The maximum Gasteiger partial charge on any atom is 0.194 e. The lowest BCUT2D eigenvalue weighted by molar-refractivity contribution is 0.534. The van der Waals surface area contributed by atoms with Crippen LogP contribution in [-0.4, -0.2) is 0 Å². The van der Waals surface area contributed by atoms with Crippen LogP contribution in [0.3, 0.4) is 0 Å². The molecular weight excluding hydrogens is 415 g/mol. The van der Waals surface area contributed by atoms with Crippen molar-refractivity contribution in [1.82, 2.24) is 0 Å². The molecule has 3 rings (SSSR count). The van der Waals surface area contributed by atoms with Gasteiger partial charge in [0.25, 0.3) is 0 Å². The lowest BCUT2D eigenvalue weighted by Gasteiger charge is -2.33. The van der Waals surface area contributed by atoms with E-state index < -0.39 is 11.3 Å². The molecule has 0 amide bonds. The van der Waals surface area contributed by atoms with Gasteiger partial charge in [-0.3, -0.25) is 0 Å². The van der Waals surface area contributed by atoms with Gasteiger partial charge in [0.05, 0.1) is 33.5 Å². The molecule has 4 nitrogen and oxygen atoms in total. The van der Waals surface area contributed by atoms with Crippen LogP contribution in [0.2, 0.25) is 15.1 Å². The third-order valence-corrected chi connectivity index (χ3v) is 5.64. The number of nitrogens with zero attached hydrogens (tertiary/aromatic N) is 3. The SMILES string of the molecule is N#CC1=C(N)C(C#N)(C#N)C(c2cccc(Cl)c2)C=C1c1ccc(Cl)c(Cl)c1. The van der Waals surface area contributed by atoms with Crippen molar-refractivity contribution in [3.63, 3.8) is 0 Å². The summed E-state index contributed by atoms with van der Waals surface area (Å²) in [5, 5.41) is 30.6.